The standard InChI is InChI=1S/C13H10ClFN4O/c1-20-7-19-6-16-10-11(14)17-12(18-13(10)19)8-2-4-9(15)5-3-8/h2-6H,7H2,1H3. The number of rotatable bonds is 3. The molecule has 2 heterocycles. The normalized spacial score (nSPS) is 11.2. The van der Waals surface area contributed by atoms with Crippen molar-refractivity contribution >= 4 is 22.8 Å². The van der Waals surface area contributed by atoms with Crippen molar-refractivity contribution in [2.45, 2.75) is 6.73 Å². The van der Waals surface area contributed by atoms with Crippen LogP contribution < -0.4 is 0 Å². The van der Waals surface area contributed by atoms with E-state index in [1.165, 1.54) is 12.1 Å². The van der Waals surface area contributed by atoms with E-state index < -0.39 is 0 Å². The fraction of sp³-hybridized carbons (Fsp3) is 0.154. The van der Waals surface area contributed by atoms with E-state index in [-0.39, 0.29) is 11.0 Å². The molecule has 102 valence electrons. The van der Waals surface area contributed by atoms with Gasteiger partial charge in [0.25, 0.3) is 0 Å². The highest BCUT2D eigenvalue weighted by Crippen LogP contribution is 2.24. The Morgan fingerprint density at radius 3 is 2.70 bits per heavy atom. The summed E-state index contributed by atoms with van der Waals surface area (Å²) in [6.07, 6.45) is 1.59. The second-order valence-corrected chi connectivity index (χ2v) is 4.51. The maximum atomic E-state index is 13.0. The molecule has 2 aromatic heterocycles. The summed E-state index contributed by atoms with van der Waals surface area (Å²) in [5.74, 6) is 0.103. The maximum Gasteiger partial charge on any atom is 0.167 e. The number of aromatic nitrogens is 4. The fourth-order valence-corrected chi connectivity index (χ4v) is 2.08. The van der Waals surface area contributed by atoms with E-state index in [0.29, 0.717) is 29.3 Å². The Morgan fingerprint density at radius 2 is 2.00 bits per heavy atom. The molecule has 0 saturated heterocycles. The second-order valence-electron chi connectivity index (χ2n) is 4.15. The van der Waals surface area contributed by atoms with Gasteiger partial charge in [0.15, 0.2) is 16.6 Å². The molecule has 20 heavy (non-hydrogen) atoms. The number of ether oxygens (including phenoxy) is 1. The van der Waals surface area contributed by atoms with Gasteiger partial charge in [-0.3, -0.25) is 4.57 Å². The van der Waals surface area contributed by atoms with E-state index in [0.717, 1.165) is 0 Å². The zero-order valence-electron chi connectivity index (χ0n) is 10.5. The zero-order valence-corrected chi connectivity index (χ0v) is 11.3. The van der Waals surface area contributed by atoms with Gasteiger partial charge in [-0.25, -0.2) is 19.3 Å². The van der Waals surface area contributed by atoms with Crippen LogP contribution in [0.3, 0.4) is 0 Å². The van der Waals surface area contributed by atoms with Gasteiger partial charge in [0, 0.05) is 12.7 Å². The van der Waals surface area contributed by atoms with Gasteiger partial charge in [-0.05, 0) is 24.3 Å². The van der Waals surface area contributed by atoms with Crippen molar-refractivity contribution in [3.63, 3.8) is 0 Å². The van der Waals surface area contributed by atoms with Crippen LogP contribution in [0, 0.1) is 5.82 Å². The first kappa shape index (κ1) is 13.0. The Bertz CT molecular complexity index is 757. The minimum absolute atomic E-state index is 0.254. The molecular formula is C13H10ClFN4O. The van der Waals surface area contributed by atoms with E-state index in [2.05, 4.69) is 15.0 Å². The Labute approximate surface area is 119 Å². The number of hydrogen-bond donors (Lipinski definition) is 0. The highest BCUT2D eigenvalue weighted by atomic mass is 35.5. The highest BCUT2D eigenvalue weighted by Gasteiger charge is 2.13. The lowest BCUT2D eigenvalue weighted by Crippen LogP contribution is -2.00. The molecule has 0 aliphatic heterocycles. The number of hydrogen-bond acceptors (Lipinski definition) is 4. The highest BCUT2D eigenvalue weighted by molar-refractivity contribution is 6.33. The Balaban J connectivity index is 2.16. The maximum absolute atomic E-state index is 13.0. The monoisotopic (exact) mass is 292 g/mol. The summed E-state index contributed by atoms with van der Waals surface area (Å²) in [4.78, 5) is 12.8. The van der Waals surface area contributed by atoms with Crippen molar-refractivity contribution in [1.29, 1.82) is 0 Å². The van der Waals surface area contributed by atoms with E-state index >= 15 is 0 Å². The van der Waals surface area contributed by atoms with Crippen LogP contribution in [0.5, 0.6) is 0 Å². The molecule has 0 saturated carbocycles. The lowest BCUT2D eigenvalue weighted by molar-refractivity contribution is 0.134. The summed E-state index contributed by atoms with van der Waals surface area (Å²) >= 11 is 6.12. The van der Waals surface area contributed by atoms with Crippen LogP contribution in [0.2, 0.25) is 5.15 Å². The number of nitrogens with zero attached hydrogens (tertiary/aromatic N) is 4. The van der Waals surface area contributed by atoms with Crippen molar-refractivity contribution in [2.75, 3.05) is 7.11 Å². The predicted molar refractivity (Wildman–Crippen MR) is 72.7 cm³/mol. The first-order chi connectivity index (χ1) is 9.69. The molecule has 3 rings (SSSR count). The van der Waals surface area contributed by atoms with Crippen molar-refractivity contribution < 1.29 is 9.13 Å². The number of methoxy groups -OCH3 is 1. The summed E-state index contributed by atoms with van der Waals surface area (Å²) < 4.78 is 19.7. The Morgan fingerprint density at radius 1 is 1.25 bits per heavy atom. The Hall–Kier alpha value is -2.05. The molecule has 0 unspecified atom stereocenters. The van der Waals surface area contributed by atoms with Gasteiger partial charge < -0.3 is 4.74 Å². The molecule has 0 spiro atoms. The molecule has 0 fully saturated rings. The Kier molecular flexibility index (Phi) is 3.33. The molecule has 0 aliphatic carbocycles. The quantitative estimate of drug-likeness (QED) is 0.697. The summed E-state index contributed by atoms with van der Waals surface area (Å²) in [5.41, 5.74) is 1.76. The van der Waals surface area contributed by atoms with E-state index in [9.17, 15) is 4.39 Å². The summed E-state index contributed by atoms with van der Waals surface area (Å²) in [6, 6.07) is 5.90. The molecule has 1 aromatic carbocycles. The van der Waals surface area contributed by atoms with E-state index in [1.807, 2.05) is 0 Å². The zero-order chi connectivity index (χ0) is 14.1. The molecule has 0 aliphatic rings. The van der Waals surface area contributed by atoms with Gasteiger partial charge in [0.05, 0.1) is 6.33 Å². The lowest BCUT2D eigenvalue weighted by Gasteiger charge is -2.04. The van der Waals surface area contributed by atoms with Crippen molar-refractivity contribution in [3.05, 3.63) is 41.6 Å². The molecular weight excluding hydrogens is 283 g/mol. The third-order valence-electron chi connectivity index (χ3n) is 2.79. The predicted octanol–water partition coefficient (Wildman–Crippen LogP) is 2.89. The van der Waals surface area contributed by atoms with Crippen molar-refractivity contribution in [1.82, 2.24) is 19.5 Å². The first-order valence-electron chi connectivity index (χ1n) is 5.82. The van der Waals surface area contributed by atoms with Crippen molar-refractivity contribution in [2.24, 2.45) is 0 Å². The van der Waals surface area contributed by atoms with Gasteiger partial charge in [-0.1, -0.05) is 11.6 Å². The average Bonchev–Trinajstić information content (AvgIpc) is 2.84. The SMILES string of the molecule is COCn1cnc2c(Cl)nc(-c3ccc(F)cc3)nc21. The minimum atomic E-state index is -0.314. The summed E-state index contributed by atoms with van der Waals surface area (Å²) in [6.45, 7) is 0.312. The molecule has 3 aromatic rings. The lowest BCUT2D eigenvalue weighted by atomic mass is 10.2. The average molecular weight is 293 g/mol. The topological polar surface area (TPSA) is 52.8 Å². The minimum Gasteiger partial charge on any atom is -0.364 e. The smallest absolute Gasteiger partial charge is 0.167 e. The molecule has 5 nitrogen and oxygen atoms in total. The van der Waals surface area contributed by atoms with Gasteiger partial charge in [-0.15, -0.1) is 0 Å². The van der Waals surface area contributed by atoms with E-state index in [4.69, 9.17) is 16.3 Å². The summed E-state index contributed by atoms with van der Waals surface area (Å²) in [5, 5.41) is 0.254. The number of halogens is 2. The molecule has 0 atom stereocenters. The third-order valence-corrected chi connectivity index (χ3v) is 3.06. The van der Waals surface area contributed by atoms with Crippen LogP contribution in [-0.2, 0) is 11.5 Å². The van der Waals surface area contributed by atoms with Crippen LogP contribution in [0.1, 0.15) is 0 Å². The van der Waals surface area contributed by atoms with Gasteiger partial charge in [-0.2, -0.15) is 0 Å². The second kappa shape index (κ2) is 5.15. The van der Waals surface area contributed by atoms with Gasteiger partial charge in [0.2, 0.25) is 0 Å². The molecule has 0 amide bonds. The number of fused-ring (bicyclic) bond motifs is 1. The summed E-state index contributed by atoms with van der Waals surface area (Å²) in [7, 11) is 1.58. The molecule has 0 N–H and O–H groups in total. The fourth-order valence-electron chi connectivity index (χ4n) is 1.87. The third kappa shape index (κ3) is 2.23. The molecule has 0 radical (unpaired) electrons. The van der Waals surface area contributed by atoms with Crippen LogP contribution in [0.15, 0.2) is 30.6 Å². The van der Waals surface area contributed by atoms with Crippen LogP contribution in [0.4, 0.5) is 4.39 Å². The molecule has 0 bridgehead atoms. The number of benzene rings is 1. The van der Waals surface area contributed by atoms with E-state index in [1.54, 1.807) is 30.1 Å². The van der Waals surface area contributed by atoms with Gasteiger partial charge >= 0.3 is 0 Å². The largest absolute Gasteiger partial charge is 0.364 e. The number of imidazole rings is 1. The van der Waals surface area contributed by atoms with Gasteiger partial charge in [0.1, 0.15) is 18.1 Å². The van der Waals surface area contributed by atoms with Crippen LogP contribution in [0.25, 0.3) is 22.6 Å². The van der Waals surface area contributed by atoms with Crippen molar-refractivity contribution in [3.8, 4) is 11.4 Å². The first-order valence-corrected chi connectivity index (χ1v) is 6.20. The molecule has 7 heteroatoms. The van der Waals surface area contributed by atoms with Crippen LogP contribution in [-0.4, -0.2) is 26.6 Å². The van der Waals surface area contributed by atoms with Crippen LogP contribution >= 0.6 is 11.6 Å².